The second-order valence-electron chi connectivity index (χ2n) is 4.83. The highest BCUT2D eigenvalue weighted by Gasteiger charge is 2.16. The SMILES string of the molecule is CCc1nn(CC)c(Cn2nc(C)c(C)c2C)c1Br. The van der Waals surface area contributed by atoms with Crippen molar-refractivity contribution in [3.8, 4) is 0 Å². The summed E-state index contributed by atoms with van der Waals surface area (Å²) < 4.78 is 5.26. The van der Waals surface area contributed by atoms with Gasteiger partial charge < -0.3 is 0 Å². The molecule has 4 nitrogen and oxygen atoms in total. The van der Waals surface area contributed by atoms with Gasteiger partial charge in [-0.1, -0.05) is 6.92 Å². The topological polar surface area (TPSA) is 35.6 Å². The summed E-state index contributed by atoms with van der Waals surface area (Å²) in [5.41, 5.74) is 5.92. The molecular formula is C14H21BrN4. The molecule has 0 unspecified atom stereocenters. The predicted octanol–water partition coefficient (Wildman–Crippen LogP) is 3.40. The summed E-state index contributed by atoms with van der Waals surface area (Å²) >= 11 is 3.69. The van der Waals surface area contributed by atoms with E-state index in [9.17, 15) is 0 Å². The van der Waals surface area contributed by atoms with E-state index in [1.54, 1.807) is 0 Å². The van der Waals surface area contributed by atoms with Gasteiger partial charge in [0.25, 0.3) is 0 Å². The zero-order valence-corrected chi connectivity index (χ0v) is 13.9. The Kier molecular flexibility index (Phi) is 4.13. The minimum Gasteiger partial charge on any atom is -0.267 e. The van der Waals surface area contributed by atoms with Crippen LogP contribution in [0.4, 0.5) is 0 Å². The van der Waals surface area contributed by atoms with Crippen molar-refractivity contribution in [1.82, 2.24) is 19.6 Å². The van der Waals surface area contributed by atoms with Crippen LogP contribution < -0.4 is 0 Å². The number of aryl methyl sites for hydroxylation is 3. The molecule has 0 aliphatic heterocycles. The molecule has 0 aliphatic rings. The van der Waals surface area contributed by atoms with Crippen molar-refractivity contribution in [3.63, 3.8) is 0 Å². The first-order valence-electron chi connectivity index (χ1n) is 6.74. The van der Waals surface area contributed by atoms with Gasteiger partial charge in [-0.15, -0.1) is 0 Å². The van der Waals surface area contributed by atoms with Crippen molar-refractivity contribution in [3.05, 3.63) is 32.8 Å². The Hall–Kier alpha value is -1.10. The Bertz CT molecular complexity index is 595. The number of halogens is 1. The van der Waals surface area contributed by atoms with E-state index < -0.39 is 0 Å². The van der Waals surface area contributed by atoms with Crippen LogP contribution in [0.2, 0.25) is 0 Å². The quantitative estimate of drug-likeness (QED) is 0.864. The number of aromatic nitrogens is 4. The normalized spacial score (nSPS) is 11.3. The monoisotopic (exact) mass is 324 g/mol. The van der Waals surface area contributed by atoms with Gasteiger partial charge in [0, 0.05) is 12.2 Å². The third-order valence-electron chi connectivity index (χ3n) is 3.74. The summed E-state index contributed by atoms with van der Waals surface area (Å²) in [5, 5.41) is 9.24. The first-order valence-corrected chi connectivity index (χ1v) is 7.53. The minimum atomic E-state index is 0.766. The van der Waals surface area contributed by atoms with Gasteiger partial charge in [-0.2, -0.15) is 10.2 Å². The lowest BCUT2D eigenvalue weighted by Gasteiger charge is -2.08. The fraction of sp³-hybridized carbons (Fsp3) is 0.571. The average Bonchev–Trinajstić information content (AvgIpc) is 2.83. The second-order valence-corrected chi connectivity index (χ2v) is 5.62. The Morgan fingerprint density at radius 2 is 1.74 bits per heavy atom. The van der Waals surface area contributed by atoms with Gasteiger partial charge in [-0.05, 0) is 55.6 Å². The molecular weight excluding hydrogens is 304 g/mol. The molecule has 0 bridgehead atoms. The number of nitrogens with zero attached hydrogens (tertiary/aromatic N) is 4. The smallest absolute Gasteiger partial charge is 0.0843 e. The molecule has 0 amide bonds. The Morgan fingerprint density at radius 1 is 1.05 bits per heavy atom. The Morgan fingerprint density at radius 3 is 2.21 bits per heavy atom. The van der Waals surface area contributed by atoms with Gasteiger partial charge in [-0.25, -0.2) is 0 Å². The van der Waals surface area contributed by atoms with Crippen LogP contribution in [0.25, 0.3) is 0 Å². The summed E-state index contributed by atoms with van der Waals surface area (Å²) in [7, 11) is 0. The molecule has 2 aromatic heterocycles. The van der Waals surface area contributed by atoms with Gasteiger partial charge in [0.05, 0.1) is 28.1 Å². The van der Waals surface area contributed by atoms with E-state index in [0.29, 0.717) is 0 Å². The largest absolute Gasteiger partial charge is 0.267 e. The zero-order chi connectivity index (χ0) is 14.2. The van der Waals surface area contributed by atoms with E-state index in [1.807, 2.05) is 0 Å². The van der Waals surface area contributed by atoms with E-state index in [-0.39, 0.29) is 0 Å². The van der Waals surface area contributed by atoms with Crippen molar-refractivity contribution in [2.45, 2.75) is 54.1 Å². The third kappa shape index (κ3) is 2.48. The third-order valence-corrected chi connectivity index (χ3v) is 4.65. The Labute approximate surface area is 122 Å². The van der Waals surface area contributed by atoms with Gasteiger partial charge in [0.2, 0.25) is 0 Å². The maximum atomic E-state index is 4.63. The first-order chi connectivity index (χ1) is 8.99. The van der Waals surface area contributed by atoms with E-state index in [4.69, 9.17) is 0 Å². The van der Waals surface area contributed by atoms with Crippen molar-refractivity contribution >= 4 is 15.9 Å². The number of rotatable bonds is 4. The van der Waals surface area contributed by atoms with Crippen LogP contribution in [0.1, 0.15) is 42.2 Å². The second kappa shape index (κ2) is 5.49. The molecule has 2 heterocycles. The average molecular weight is 325 g/mol. The van der Waals surface area contributed by atoms with E-state index in [1.165, 1.54) is 17.0 Å². The minimum absolute atomic E-state index is 0.766. The van der Waals surface area contributed by atoms with E-state index in [0.717, 1.165) is 35.4 Å². The molecule has 0 spiro atoms. The van der Waals surface area contributed by atoms with Crippen LogP contribution in [0, 0.1) is 20.8 Å². The summed E-state index contributed by atoms with van der Waals surface area (Å²) in [6, 6.07) is 0. The molecule has 2 aromatic rings. The molecule has 0 fully saturated rings. The molecule has 19 heavy (non-hydrogen) atoms. The summed E-state index contributed by atoms with van der Waals surface area (Å²) in [5.74, 6) is 0. The molecule has 0 saturated carbocycles. The lowest BCUT2D eigenvalue weighted by Crippen LogP contribution is -2.10. The molecule has 0 saturated heterocycles. The molecule has 0 N–H and O–H groups in total. The van der Waals surface area contributed by atoms with Gasteiger partial charge in [0.1, 0.15) is 0 Å². The van der Waals surface area contributed by atoms with Gasteiger partial charge >= 0.3 is 0 Å². The standard InChI is InChI=1S/C14H21BrN4/c1-6-12-14(15)13(18(7-2)17-12)8-19-11(5)9(3)10(4)16-19/h6-8H2,1-5H3. The lowest BCUT2D eigenvalue weighted by atomic mass is 10.2. The van der Waals surface area contributed by atoms with Gasteiger partial charge in [-0.3, -0.25) is 9.36 Å². The highest BCUT2D eigenvalue weighted by Crippen LogP contribution is 2.24. The highest BCUT2D eigenvalue weighted by molar-refractivity contribution is 9.10. The summed E-state index contributed by atoms with van der Waals surface area (Å²) in [6.45, 7) is 12.2. The first kappa shape index (κ1) is 14.3. The maximum absolute atomic E-state index is 4.63. The molecule has 0 aliphatic carbocycles. The van der Waals surface area contributed by atoms with Crippen molar-refractivity contribution in [2.24, 2.45) is 0 Å². The Balaban J connectivity index is 2.42. The van der Waals surface area contributed by atoms with Crippen LogP contribution in [0.3, 0.4) is 0 Å². The molecule has 5 heteroatoms. The zero-order valence-electron chi connectivity index (χ0n) is 12.3. The van der Waals surface area contributed by atoms with Gasteiger partial charge in [0.15, 0.2) is 0 Å². The molecule has 2 rings (SSSR count). The van der Waals surface area contributed by atoms with Crippen LogP contribution >= 0.6 is 15.9 Å². The number of hydrogen-bond acceptors (Lipinski definition) is 2. The van der Waals surface area contributed by atoms with Crippen LogP contribution in [-0.2, 0) is 19.5 Å². The van der Waals surface area contributed by atoms with Crippen molar-refractivity contribution < 1.29 is 0 Å². The summed E-state index contributed by atoms with van der Waals surface area (Å²) in [4.78, 5) is 0. The fourth-order valence-corrected chi connectivity index (χ4v) is 2.94. The molecule has 0 atom stereocenters. The highest BCUT2D eigenvalue weighted by atomic mass is 79.9. The summed E-state index contributed by atoms with van der Waals surface area (Å²) in [6.07, 6.45) is 0.941. The maximum Gasteiger partial charge on any atom is 0.0843 e. The predicted molar refractivity (Wildman–Crippen MR) is 80.5 cm³/mol. The molecule has 104 valence electrons. The van der Waals surface area contributed by atoms with E-state index in [2.05, 4.69) is 70.1 Å². The molecule has 0 aromatic carbocycles. The lowest BCUT2D eigenvalue weighted by molar-refractivity contribution is 0.564. The fourth-order valence-electron chi connectivity index (χ4n) is 2.25. The van der Waals surface area contributed by atoms with E-state index >= 15 is 0 Å². The molecule has 0 radical (unpaired) electrons. The van der Waals surface area contributed by atoms with Crippen LogP contribution in [-0.4, -0.2) is 19.6 Å². The van der Waals surface area contributed by atoms with Crippen molar-refractivity contribution in [2.75, 3.05) is 0 Å². The van der Waals surface area contributed by atoms with Crippen LogP contribution in [0.5, 0.6) is 0 Å². The van der Waals surface area contributed by atoms with Crippen molar-refractivity contribution in [1.29, 1.82) is 0 Å². The van der Waals surface area contributed by atoms with Crippen LogP contribution in [0.15, 0.2) is 4.47 Å². The number of hydrogen-bond donors (Lipinski definition) is 0.